The number of imide groups is 1. The molecule has 1 aromatic rings. The highest BCUT2D eigenvalue weighted by Gasteiger charge is 2.47. The van der Waals surface area contributed by atoms with Gasteiger partial charge in [-0.05, 0) is 32.4 Å². The standard InChI is InChI=1S/C25H24N2O7S3/c1-12-6-7-13-14(10-12)27(17(30)11-26-15(28)8-9-16(26)29)25(2,3)21(35)18(13)24-36-19(22(31)33-4)20(37-24)23(32)34-5/h6-7,10H,8-9,11H2,1-5H3. The molecule has 3 amide bonds. The Balaban J connectivity index is 1.84. The summed E-state index contributed by atoms with van der Waals surface area (Å²) in [5.74, 6) is -2.54. The van der Waals surface area contributed by atoms with E-state index < -0.39 is 23.4 Å². The van der Waals surface area contributed by atoms with Gasteiger partial charge in [-0.1, -0.05) is 47.9 Å². The molecule has 0 N–H and O–H groups in total. The van der Waals surface area contributed by atoms with Crippen LogP contribution in [-0.2, 0) is 33.4 Å². The van der Waals surface area contributed by atoms with Crippen molar-refractivity contribution in [3.05, 3.63) is 43.4 Å². The first kappa shape index (κ1) is 27.1. The summed E-state index contributed by atoms with van der Waals surface area (Å²) in [6, 6.07) is 5.54. The smallest absolute Gasteiger partial charge is 0.346 e. The van der Waals surface area contributed by atoms with Gasteiger partial charge in [0.25, 0.3) is 0 Å². The fourth-order valence-corrected chi connectivity index (χ4v) is 7.41. The number of fused-ring (bicyclic) bond motifs is 1. The number of thiocarbonyl (C=S) groups is 1. The van der Waals surface area contributed by atoms with E-state index in [0.29, 0.717) is 25.9 Å². The Labute approximate surface area is 227 Å². The van der Waals surface area contributed by atoms with Crippen LogP contribution < -0.4 is 4.90 Å². The lowest BCUT2D eigenvalue weighted by molar-refractivity contribution is -0.142. The molecule has 0 aromatic heterocycles. The second-order valence-electron chi connectivity index (χ2n) is 9.02. The van der Waals surface area contributed by atoms with Gasteiger partial charge in [-0.3, -0.25) is 24.2 Å². The zero-order valence-electron chi connectivity index (χ0n) is 20.8. The average Bonchev–Trinajstić information content (AvgIpc) is 3.43. The summed E-state index contributed by atoms with van der Waals surface area (Å²) in [5, 5.41) is 0. The number of benzene rings is 1. The van der Waals surface area contributed by atoms with Gasteiger partial charge in [0.1, 0.15) is 16.4 Å². The van der Waals surface area contributed by atoms with E-state index in [2.05, 4.69) is 0 Å². The van der Waals surface area contributed by atoms with Crippen LogP contribution in [0, 0.1) is 6.92 Å². The third-order valence-electron chi connectivity index (χ3n) is 6.24. The molecule has 3 aliphatic heterocycles. The molecule has 3 heterocycles. The predicted molar refractivity (Wildman–Crippen MR) is 144 cm³/mol. The van der Waals surface area contributed by atoms with Crippen molar-refractivity contribution in [2.75, 3.05) is 25.7 Å². The largest absolute Gasteiger partial charge is 0.465 e. The van der Waals surface area contributed by atoms with Crippen LogP contribution >= 0.6 is 35.7 Å². The molecule has 0 aliphatic carbocycles. The maximum Gasteiger partial charge on any atom is 0.346 e. The van der Waals surface area contributed by atoms with E-state index in [1.807, 2.05) is 25.1 Å². The SMILES string of the molecule is COC(=O)C1=C(C(=O)OC)SC(=C2C(=S)C(C)(C)N(C(=O)CN3C(=O)CCC3=O)c3cc(C)ccc32)S1. The van der Waals surface area contributed by atoms with E-state index in [9.17, 15) is 24.0 Å². The van der Waals surface area contributed by atoms with Crippen molar-refractivity contribution in [1.29, 1.82) is 0 Å². The van der Waals surface area contributed by atoms with Crippen LogP contribution in [0.25, 0.3) is 5.57 Å². The number of hydrogen-bond donors (Lipinski definition) is 0. The highest BCUT2D eigenvalue weighted by molar-refractivity contribution is 8.29. The maximum absolute atomic E-state index is 13.6. The first-order valence-electron chi connectivity index (χ1n) is 11.2. The van der Waals surface area contributed by atoms with Crippen molar-refractivity contribution in [3.8, 4) is 0 Å². The molecule has 12 heteroatoms. The lowest BCUT2D eigenvalue weighted by Gasteiger charge is -2.45. The quantitative estimate of drug-likeness (QED) is 0.235. The first-order chi connectivity index (χ1) is 17.4. The van der Waals surface area contributed by atoms with E-state index >= 15 is 0 Å². The van der Waals surface area contributed by atoms with Crippen LogP contribution in [-0.4, -0.2) is 65.7 Å². The van der Waals surface area contributed by atoms with Gasteiger partial charge in [0.15, 0.2) is 0 Å². The molecule has 37 heavy (non-hydrogen) atoms. The molecule has 4 rings (SSSR count). The van der Waals surface area contributed by atoms with Crippen LogP contribution in [0.1, 0.15) is 37.8 Å². The molecule has 1 fully saturated rings. The zero-order valence-corrected chi connectivity index (χ0v) is 23.3. The summed E-state index contributed by atoms with van der Waals surface area (Å²) < 4.78 is 10.3. The van der Waals surface area contributed by atoms with Gasteiger partial charge >= 0.3 is 11.9 Å². The Morgan fingerprint density at radius 3 is 2.05 bits per heavy atom. The highest BCUT2D eigenvalue weighted by atomic mass is 32.2. The van der Waals surface area contributed by atoms with Gasteiger partial charge < -0.3 is 9.47 Å². The molecule has 0 spiro atoms. The Morgan fingerprint density at radius 2 is 1.54 bits per heavy atom. The third-order valence-corrected chi connectivity index (χ3v) is 9.51. The van der Waals surface area contributed by atoms with Gasteiger partial charge in [-0.2, -0.15) is 0 Å². The summed E-state index contributed by atoms with van der Waals surface area (Å²) in [5.41, 5.74) is 1.64. The summed E-state index contributed by atoms with van der Waals surface area (Å²) >= 11 is 8.06. The topological polar surface area (TPSA) is 110 Å². The molecule has 0 bridgehead atoms. The van der Waals surface area contributed by atoms with Crippen molar-refractivity contribution in [2.45, 2.75) is 39.2 Å². The van der Waals surface area contributed by atoms with Crippen molar-refractivity contribution >= 4 is 81.5 Å². The molecule has 0 atom stereocenters. The molecule has 194 valence electrons. The fraction of sp³-hybridized carbons (Fsp3) is 0.360. The molecular formula is C25H24N2O7S3. The number of rotatable bonds is 4. The number of esters is 2. The average molecular weight is 561 g/mol. The number of thioether (sulfide) groups is 2. The number of likely N-dealkylation sites (tertiary alicyclic amines) is 1. The lowest BCUT2D eigenvalue weighted by atomic mass is 9.83. The van der Waals surface area contributed by atoms with E-state index in [-0.39, 0.29) is 41.0 Å². The number of aryl methyl sites for hydroxylation is 1. The van der Waals surface area contributed by atoms with Gasteiger partial charge in [0, 0.05) is 24.0 Å². The van der Waals surface area contributed by atoms with E-state index in [1.54, 1.807) is 13.8 Å². The normalized spacial score (nSPS) is 19.0. The number of ether oxygens (including phenoxy) is 2. The number of anilines is 1. The van der Waals surface area contributed by atoms with Gasteiger partial charge in [0.05, 0.1) is 34.5 Å². The van der Waals surface area contributed by atoms with Gasteiger partial charge in [-0.15, -0.1) is 0 Å². The van der Waals surface area contributed by atoms with Crippen LogP contribution in [0.2, 0.25) is 0 Å². The predicted octanol–water partition coefficient (Wildman–Crippen LogP) is 3.35. The Kier molecular flexibility index (Phi) is 7.37. The number of hydrogen-bond acceptors (Lipinski definition) is 10. The Morgan fingerprint density at radius 1 is 1.00 bits per heavy atom. The van der Waals surface area contributed by atoms with E-state index in [4.69, 9.17) is 21.7 Å². The van der Waals surface area contributed by atoms with Crippen molar-refractivity contribution in [3.63, 3.8) is 0 Å². The summed E-state index contributed by atoms with van der Waals surface area (Å²) in [6.07, 6.45) is 0.179. The first-order valence-corrected chi connectivity index (χ1v) is 13.3. The summed E-state index contributed by atoms with van der Waals surface area (Å²) in [6.45, 7) is 5.07. The molecule has 3 aliphatic rings. The molecule has 1 saturated heterocycles. The lowest BCUT2D eigenvalue weighted by Crippen LogP contribution is -2.58. The number of methoxy groups -OCH3 is 2. The summed E-state index contributed by atoms with van der Waals surface area (Å²) in [7, 11) is 2.46. The zero-order chi connectivity index (χ0) is 27.2. The molecule has 0 unspecified atom stereocenters. The van der Waals surface area contributed by atoms with Crippen molar-refractivity contribution in [2.24, 2.45) is 0 Å². The Hall–Kier alpha value is -2.96. The van der Waals surface area contributed by atoms with Crippen LogP contribution in [0.3, 0.4) is 0 Å². The fourth-order valence-electron chi connectivity index (χ4n) is 4.38. The minimum absolute atomic E-state index is 0.0896. The molecule has 0 radical (unpaired) electrons. The van der Waals surface area contributed by atoms with Crippen molar-refractivity contribution in [1.82, 2.24) is 4.90 Å². The minimum atomic E-state index is -1.04. The van der Waals surface area contributed by atoms with Gasteiger partial charge in [-0.25, -0.2) is 9.59 Å². The minimum Gasteiger partial charge on any atom is -0.465 e. The number of carbonyl (C=O) groups is 5. The number of nitrogens with zero attached hydrogens (tertiary/aromatic N) is 2. The monoisotopic (exact) mass is 560 g/mol. The van der Waals surface area contributed by atoms with Crippen LogP contribution in [0.5, 0.6) is 0 Å². The Bertz CT molecular complexity index is 1300. The van der Waals surface area contributed by atoms with Crippen LogP contribution in [0.15, 0.2) is 32.2 Å². The van der Waals surface area contributed by atoms with Crippen LogP contribution in [0.4, 0.5) is 5.69 Å². The molecule has 1 aromatic carbocycles. The highest BCUT2D eigenvalue weighted by Crippen LogP contribution is 2.56. The summed E-state index contributed by atoms with van der Waals surface area (Å²) in [4.78, 5) is 66.0. The molecule has 0 saturated carbocycles. The number of amides is 3. The number of carbonyl (C=O) groups excluding carboxylic acids is 5. The molecule has 9 nitrogen and oxygen atoms in total. The second-order valence-corrected chi connectivity index (χ2v) is 11.7. The maximum atomic E-state index is 13.6. The van der Waals surface area contributed by atoms with E-state index in [1.165, 1.54) is 19.1 Å². The molecular weight excluding hydrogens is 536 g/mol. The third kappa shape index (κ3) is 4.62. The van der Waals surface area contributed by atoms with Gasteiger partial charge in [0.2, 0.25) is 17.7 Å². The van der Waals surface area contributed by atoms with E-state index in [0.717, 1.165) is 34.0 Å². The second kappa shape index (κ2) is 10.1. The van der Waals surface area contributed by atoms with Crippen molar-refractivity contribution < 1.29 is 33.4 Å².